The van der Waals surface area contributed by atoms with Crippen molar-refractivity contribution in [1.29, 1.82) is 0 Å². The number of anilines is 2. The summed E-state index contributed by atoms with van der Waals surface area (Å²) in [5.74, 6) is 2.85. The molecule has 1 aromatic heterocycles. The molecule has 0 unspecified atom stereocenters. The number of aryl methyl sites for hydroxylation is 1. The van der Waals surface area contributed by atoms with Crippen LogP contribution in [0.3, 0.4) is 0 Å². The number of hydrogen-bond donors (Lipinski definition) is 2. The first-order chi connectivity index (χ1) is 15.9. The number of rotatable bonds is 8. The second-order valence-corrected chi connectivity index (χ2v) is 11.6. The molecule has 1 aliphatic rings. The lowest BCUT2D eigenvalue weighted by Gasteiger charge is -2.28. The predicted octanol–water partition coefficient (Wildman–Crippen LogP) is 5.30. The number of aromatic nitrogens is 2. The highest BCUT2D eigenvalue weighted by molar-refractivity contribution is 7.91. The van der Waals surface area contributed by atoms with Gasteiger partial charge in [0.25, 0.3) is 0 Å². The van der Waals surface area contributed by atoms with Crippen LogP contribution in [0, 0.1) is 18.8 Å². The fourth-order valence-electron chi connectivity index (χ4n) is 4.64. The maximum Gasteiger partial charge on any atom is 0.225 e. The average Bonchev–Trinajstić information content (AvgIpc) is 2.83. The molecule has 2 N–H and O–H groups in total. The molecular formula is C26H34N4O2S. The SMILES string of the molecule is CCS(=O)(=O)C[C@H]1CC[C@H](CNc2nc(NC)c3cc(-c4ccc(C)cc4)ccc3n2)CC1. The van der Waals surface area contributed by atoms with Crippen molar-refractivity contribution < 1.29 is 8.42 Å². The lowest BCUT2D eigenvalue weighted by Crippen LogP contribution is -2.26. The molecule has 6 nitrogen and oxygen atoms in total. The Labute approximate surface area is 197 Å². The van der Waals surface area contributed by atoms with Gasteiger partial charge < -0.3 is 10.6 Å². The number of fused-ring (bicyclic) bond motifs is 1. The van der Waals surface area contributed by atoms with Gasteiger partial charge in [-0.05, 0) is 67.7 Å². The summed E-state index contributed by atoms with van der Waals surface area (Å²) in [5.41, 5.74) is 4.47. The first kappa shape index (κ1) is 23.5. The van der Waals surface area contributed by atoms with Crippen LogP contribution in [0.2, 0.25) is 0 Å². The molecule has 0 bridgehead atoms. The molecular weight excluding hydrogens is 432 g/mol. The van der Waals surface area contributed by atoms with E-state index in [-0.39, 0.29) is 5.75 Å². The third-order valence-electron chi connectivity index (χ3n) is 6.76. The van der Waals surface area contributed by atoms with Crippen LogP contribution < -0.4 is 10.6 Å². The van der Waals surface area contributed by atoms with E-state index in [2.05, 4.69) is 60.0 Å². The zero-order valence-electron chi connectivity index (χ0n) is 19.8. The number of nitrogens with one attached hydrogen (secondary N) is 2. The van der Waals surface area contributed by atoms with Crippen molar-refractivity contribution in [2.75, 3.05) is 35.7 Å². The molecule has 7 heteroatoms. The van der Waals surface area contributed by atoms with E-state index in [1.165, 1.54) is 11.1 Å². The third-order valence-corrected chi connectivity index (χ3v) is 8.62. The molecule has 33 heavy (non-hydrogen) atoms. The Hall–Kier alpha value is -2.67. The first-order valence-electron chi connectivity index (χ1n) is 11.9. The van der Waals surface area contributed by atoms with Crippen molar-refractivity contribution in [3.05, 3.63) is 48.0 Å². The molecule has 0 atom stereocenters. The number of benzene rings is 2. The van der Waals surface area contributed by atoms with Gasteiger partial charge in [-0.15, -0.1) is 0 Å². The van der Waals surface area contributed by atoms with Gasteiger partial charge in [0.1, 0.15) is 15.7 Å². The second kappa shape index (κ2) is 10.1. The van der Waals surface area contributed by atoms with Crippen LogP contribution >= 0.6 is 0 Å². The number of hydrogen-bond acceptors (Lipinski definition) is 6. The van der Waals surface area contributed by atoms with Gasteiger partial charge in [0.15, 0.2) is 0 Å². The van der Waals surface area contributed by atoms with Crippen LogP contribution in [0.15, 0.2) is 42.5 Å². The fourth-order valence-corrected chi connectivity index (χ4v) is 5.93. The lowest BCUT2D eigenvalue weighted by molar-refractivity contribution is 0.301. The highest BCUT2D eigenvalue weighted by Crippen LogP contribution is 2.31. The molecule has 4 rings (SSSR count). The summed E-state index contributed by atoms with van der Waals surface area (Å²) in [6.07, 6.45) is 4.05. The number of sulfone groups is 1. The van der Waals surface area contributed by atoms with Gasteiger partial charge in [-0.3, -0.25) is 0 Å². The summed E-state index contributed by atoms with van der Waals surface area (Å²) in [6, 6.07) is 14.8. The molecule has 0 radical (unpaired) electrons. The van der Waals surface area contributed by atoms with Gasteiger partial charge in [-0.1, -0.05) is 42.8 Å². The smallest absolute Gasteiger partial charge is 0.225 e. The molecule has 0 saturated heterocycles. The minimum Gasteiger partial charge on any atom is -0.372 e. The molecule has 0 spiro atoms. The standard InChI is InChI=1S/C26H34N4O2S/c1-4-33(31,32)17-20-9-7-19(8-10-20)16-28-26-29-24-14-13-22(15-23(24)25(27-3)30-26)21-11-5-18(2)6-12-21/h5-6,11-15,19-20H,4,7-10,16-17H2,1-3H3,(H2,27,28,29,30)/t19-,20-. The Bertz CT molecular complexity index is 1200. The quantitative estimate of drug-likeness (QED) is 0.469. The van der Waals surface area contributed by atoms with Crippen LogP contribution in [0.5, 0.6) is 0 Å². The highest BCUT2D eigenvalue weighted by atomic mass is 32.2. The molecule has 0 aliphatic heterocycles. The van der Waals surface area contributed by atoms with Gasteiger partial charge in [-0.2, -0.15) is 4.98 Å². The molecule has 1 heterocycles. The van der Waals surface area contributed by atoms with Gasteiger partial charge in [0.05, 0.1) is 11.3 Å². The third kappa shape index (κ3) is 5.82. The van der Waals surface area contributed by atoms with Crippen molar-refractivity contribution in [2.45, 2.75) is 39.5 Å². The second-order valence-electron chi connectivity index (χ2n) is 9.21. The van der Waals surface area contributed by atoms with E-state index in [9.17, 15) is 8.42 Å². The van der Waals surface area contributed by atoms with E-state index < -0.39 is 9.84 Å². The zero-order valence-corrected chi connectivity index (χ0v) is 20.6. The summed E-state index contributed by atoms with van der Waals surface area (Å²) in [7, 11) is -1.00. The maximum absolute atomic E-state index is 11.9. The highest BCUT2D eigenvalue weighted by Gasteiger charge is 2.25. The Balaban J connectivity index is 1.43. The average molecular weight is 467 g/mol. The van der Waals surface area contributed by atoms with Crippen molar-refractivity contribution in [1.82, 2.24) is 9.97 Å². The Morgan fingerprint density at radius 2 is 1.61 bits per heavy atom. The molecule has 2 aromatic carbocycles. The Morgan fingerprint density at radius 3 is 2.27 bits per heavy atom. The van der Waals surface area contributed by atoms with Crippen LogP contribution in [0.1, 0.15) is 38.2 Å². The maximum atomic E-state index is 11.9. The zero-order chi connectivity index (χ0) is 23.4. The van der Waals surface area contributed by atoms with E-state index in [4.69, 9.17) is 9.97 Å². The minimum atomic E-state index is -2.89. The Kier molecular flexibility index (Phi) is 7.17. The topological polar surface area (TPSA) is 84.0 Å². The van der Waals surface area contributed by atoms with Crippen LogP contribution in [-0.2, 0) is 9.84 Å². The summed E-state index contributed by atoms with van der Waals surface area (Å²) >= 11 is 0. The molecule has 1 aliphatic carbocycles. The monoisotopic (exact) mass is 466 g/mol. The van der Waals surface area contributed by atoms with Crippen LogP contribution in [-0.4, -0.2) is 43.5 Å². The predicted molar refractivity (Wildman–Crippen MR) is 138 cm³/mol. The van der Waals surface area contributed by atoms with Gasteiger partial charge in [0, 0.05) is 24.7 Å². The van der Waals surface area contributed by atoms with E-state index in [1.807, 2.05) is 7.05 Å². The Morgan fingerprint density at radius 1 is 0.939 bits per heavy atom. The van der Waals surface area contributed by atoms with E-state index in [0.717, 1.165) is 54.5 Å². The van der Waals surface area contributed by atoms with Gasteiger partial charge >= 0.3 is 0 Å². The van der Waals surface area contributed by atoms with Gasteiger partial charge in [0.2, 0.25) is 5.95 Å². The van der Waals surface area contributed by atoms with Crippen LogP contribution in [0.25, 0.3) is 22.0 Å². The van der Waals surface area contributed by atoms with Crippen molar-refractivity contribution in [2.24, 2.45) is 11.8 Å². The van der Waals surface area contributed by atoms with Crippen molar-refractivity contribution in [3.8, 4) is 11.1 Å². The van der Waals surface area contributed by atoms with Crippen molar-refractivity contribution >= 4 is 32.5 Å². The van der Waals surface area contributed by atoms with Crippen molar-refractivity contribution in [3.63, 3.8) is 0 Å². The van der Waals surface area contributed by atoms with Crippen LogP contribution in [0.4, 0.5) is 11.8 Å². The molecule has 1 fully saturated rings. The normalized spacial score (nSPS) is 18.9. The summed E-state index contributed by atoms with van der Waals surface area (Å²) in [6.45, 7) is 4.63. The number of nitrogens with zero attached hydrogens (tertiary/aromatic N) is 2. The lowest BCUT2D eigenvalue weighted by atomic mass is 9.83. The molecule has 1 saturated carbocycles. The molecule has 3 aromatic rings. The fraction of sp³-hybridized carbons (Fsp3) is 0.462. The molecule has 0 amide bonds. The first-order valence-corrected chi connectivity index (χ1v) is 13.7. The minimum absolute atomic E-state index is 0.244. The van der Waals surface area contributed by atoms with Gasteiger partial charge in [-0.25, -0.2) is 13.4 Å². The summed E-state index contributed by atoms with van der Waals surface area (Å²) in [4.78, 5) is 9.46. The molecule has 176 valence electrons. The van der Waals surface area contributed by atoms with E-state index >= 15 is 0 Å². The van der Waals surface area contributed by atoms with E-state index in [1.54, 1.807) is 6.92 Å². The summed E-state index contributed by atoms with van der Waals surface area (Å²) < 4.78 is 23.8. The largest absolute Gasteiger partial charge is 0.372 e. The summed E-state index contributed by atoms with van der Waals surface area (Å²) in [5, 5.41) is 7.65. The van der Waals surface area contributed by atoms with E-state index in [0.29, 0.717) is 23.5 Å².